The third-order valence-electron chi connectivity index (χ3n) is 10.3. The quantitative estimate of drug-likeness (QED) is 0.148. The Hall–Kier alpha value is -6.68. The summed E-state index contributed by atoms with van der Waals surface area (Å²) in [6.45, 7) is 0. The number of allylic oxidation sites excluding steroid dienone is 2. The Morgan fingerprint density at radius 2 is 0.547 bits per heavy atom. The van der Waals surface area contributed by atoms with Crippen LogP contribution in [-0.2, 0) is 0 Å². The molecule has 0 radical (unpaired) electrons. The van der Waals surface area contributed by atoms with Gasteiger partial charge in [0.05, 0.1) is 11.4 Å². The Kier molecular flexibility index (Phi) is 8.61. The second-order valence-corrected chi connectivity index (χ2v) is 17.0. The maximum absolute atomic E-state index is 5.25. The summed E-state index contributed by atoms with van der Waals surface area (Å²) in [5.41, 5.74) is 11.4. The molecule has 53 heavy (non-hydrogen) atoms. The zero-order chi connectivity index (χ0) is 35.5. The Morgan fingerprint density at radius 3 is 0.830 bits per heavy atom. The van der Waals surface area contributed by atoms with Gasteiger partial charge in [-0.15, -0.1) is 0 Å². The molecule has 2 nitrogen and oxygen atoms in total. The molecule has 0 saturated carbocycles. The SMILES string of the molecule is c1ccc(C2=C(c3ccccc3)[Si](c3ccc(-c4ccccc4)nc3)(c3ccc(-c4ccccc4)nc3)C(c3ccccc3)=C2c2ccccc2)cc1. The van der Waals surface area contributed by atoms with Crippen molar-refractivity contribution in [1.82, 2.24) is 9.97 Å². The maximum Gasteiger partial charge on any atom is 0.185 e. The first-order valence-corrected chi connectivity index (χ1v) is 20.1. The lowest BCUT2D eigenvalue weighted by atomic mass is 9.89. The zero-order valence-corrected chi connectivity index (χ0v) is 30.2. The van der Waals surface area contributed by atoms with Crippen LogP contribution in [-0.4, -0.2) is 18.0 Å². The van der Waals surface area contributed by atoms with Crippen LogP contribution in [0.5, 0.6) is 0 Å². The number of nitrogens with zero attached hydrogens (tertiary/aromatic N) is 2. The molecule has 0 bridgehead atoms. The van der Waals surface area contributed by atoms with Crippen LogP contribution in [0, 0.1) is 0 Å². The molecule has 0 fully saturated rings. The minimum Gasteiger partial charge on any atom is -0.256 e. The molecule has 250 valence electrons. The summed E-state index contributed by atoms with van der Waals surface area (Å²) in [6, 6.07) is 73.9. The lowest BCUT2D eigenvalue weighted by Gasteiger charge is -2.35. The van der Waals surface area contributed by atoms with E-state index in [4.69, 9.17) is 9.97 Å². The maximum atomic E-state index is 5.25. The van der Waals surface area contributed by atoms with E-state index in [2.05, 4.69) is 219 Å². The minimum atomic E-state index is -3.23. The average Bonchev–Trinajstić information content (AvgIpc) is 3.58. The van der Waals surface area contributed by atoms with E-state index in [0.29, 0.717) is 0 Å². The largest absolute Gasteiger partial charge is 0.256 e. The van der Waals surface area contributed by atoms with Gasteiger partial charge in [0, 0.05) is 23.5 Å². The molecule has 0 amide bonds. The van der Waals surface area contributed by atoms with E-state index in [-0.39, 0.29) is 0 Å². The smallest absolute Gasteiger partial charge is 0.185 e. The molecule has 0 unspecified atom stereocenters. The van der Waals surface area contributed by atoms with Gasteiger partial charge >= 0.3 is 0 Å². The highest BCUT2D eigenvalue weighted by atomic mass is 28.3. The van der Waals surface area contributed by atoms with Crippen molar-refractivity contribution >= 4 is 40.0 Å². The summed E-state index contributed by atoms with van der Waals surface area (Å²) in [5, 5.41) is 5.10. The van der Waals surface area contributed by atoms with E-state index >= 15 is 0 Å². The molecule has 3 heterocycles. The van der Waals surface area contributed by atoms with Crippen molar-refractivity contribution in [1.29, 1.82) is 0 Å². The van der Waals surface area contributed by atoms with Gasteiger partial charge in [-0.05, 0) is 66.3 Å². The van der Waals surface area contributed by atoms with Crippen LogP contribution in [0.3, 0.4) is 0 Å². The number of pyridine rings is 2. The monoisotopic (exact) mass is 692 g/mol. The summed E-state index contributed by atoms with van der Waals surface area (Å²) in [5.74, 6) is 0. The average molecular weight is 693 g/mol. The van der Waals surface area contributed by atoms with Gasteiger partial charge in [0.15, 0.2) is 8.07 Å². The number of hydrogen-bond acceptors (Lipinski definition) is 2. The second kappa shape index (κ2) is 14.1. The predicted octanol–water partition coefficient (Wildman–Crippen LogP) is 10.7. The van der Waals surface area contributed by atoms with Crippen LogP contribution in [0.15, 0.2) is 219 Å². The van der Waals surface area contributed by atoms with Crippen molar-refractivity contribution in [2.45, 2.75) is 0 Å². The molecule has 0 spiro atoms. The third-order valence-corrected chi connectivity index (χ3v) is 15.2. The van der Waals surface area contributed by atoms with Crippen LogP contribution < -0.4 is 10.4 Å². The Balaban J connectivity index is 1.46. The lowest BCUT2D eigenvalue weighted by Crippen LogP contribution is -2.60. The van der Waals surface area contributed by atoms with Crippen molar-refractivity contribution in [3.8, 4) is 22.5 Å². The third kappa shape index (κ3) is 5.78. The summed E-state index contributed by atoms with van der Waals surface area (Å²) >= 11 is 0. The van der Waals surface area contributed by atoms with Gasteiger partial charge in [-0.1, -0.05) is 194 Å². The van der Waals surface area contributed by atoms with Crippen molar-refractivity contribution in [3.05, 3.63) is 241 Å². The van der Waals surface area contributed by atoms with Gasteiger partial charge in [0.25, 0.3) is 0 Å². The lowest BCUT2D eigenvalue weighted by molar-refractivity contribution is 1.33. The van der Waals surface area contributed by atoms with E-state index < -0.39 is 8.07 Å². The van der Waals surface area contributed by atoms with Gasteiger partial charge < -0.3 is 0 Å². The summed E-state index contributed by atoms with van der Waals surface area (Å²) in [6.07, 6.45) is 4.31. The molecular formula is C50H36N2Si. The zero-order valence-electron chi connectivity index (χ0n) is 29.2. The summed E-state index contributed by atoms with van der Waals surface area (Å²) < 4.78 is 0. The normalized spacial score (nSPS) is 13.7. The Morgan fingerprint density at radius 1 is 0.264 bits per heavy atom. The van der Waals surface area contributed by atoms with Crippen LogP contribution in [0.25, 0.3) is 44.1 Å². The topological polar surface area (TPSA) is 25.8 Å². The first-order chi connectivity index (χ1) is 26.3. The first-order valence-electron chi connectivity index (χ1n) is 18.1. The van der Waals surface area contributed by atoms with Gasteiger partial charge in [0.1, 0.15) is 0 Å². The second-order valence-electron chi connectivity index (χ2n) is 13.3. The van der Waals surface area contributed by atoms with Crippen molar-refractivity contribution in [2.75, 3.05) is 0 Å². The molecule has 1 aliphatic heterocycles. The molecule has 0 N–H and O–H groups in total. The van der Waals surface area contributed by atoms with E-state index in [1.165, 1.54) is 54.2 Å². The van der Waals surface area contributed by atoms with Crippen molar-refractivity contribution in [3.63, 3.8) is 0 Å². The highest BCUT2D eigenvalue weighted by Crippen LogP contribution is 2.55. The minimum absolute atomic E-state index is 0.955. The fourth-order valence-corrected chi connectivity index (χ4v) is 13.4. The molecule has 0 aliphatic carbocycles. The molecule has 3 heteroatoms. The number of hydrogen-bond donors (Lipinski definition) is 0. The molecule has 6 aromatic carbocycles. The first kappa shape index (κ1) is 32.2. The van der Waals surface area contributed by atoms with E-state index in [1.54, 1.807) is 0 Å². The molecule has 1 aliphatic rings. The molecule has 2 aromatic heterocycles. The fraction of sp³-hybridized carbons (Fsp3) is 0. The van der Waals surface area contributed by atoms with Gasteiger partial charge in [0.2, 0.25) is 0 Å². The Labute approximate surface area is 312 Å². The van der Waals surface area contributed by atoms with Gasteiger partial charge in [-0.2, -0.15) is 0 Å². The summed E-state index contributed by atoms with van der Waals surface area (Å²) in [7, 11) is -3.23. The number of aromatic nitrogens is 2. The van der Waals surface area contributed by atoms with Crippen molar-refractivity contribution in [2.24, 2.45) is 0 Å². The standard InChI is InChI=1S/C50H36N2Si/c1-7-19-37(20-8-1)45-33-31-43(35-51-45)53(44-32-34-46(52-36-44)38-21-9-2-10-22-38)49(41-27-15-5-16-28-41)47(39-23-11-3-12-24-39)48(40-25-13-4-14-26-40)50(53)42-29-17-6-18-30-42/h1-36H. The molecule has 8 aromatic rings. The fourth-order valence-electron chi connectivity index (χ4n) is 8.00. The molecular weight excluding hydrogens is 657 g/mol. The molecule has 0 atom stereocenters. The van der Waals surface area contributed by atoms with Crippen LogP contribution in [0.4, 0.5) is 0 Å². The highest BCUT2D eigenvalue weighted by molar-refractivity contribution is 7.29. The highest BCUT2D eigenvalue weighted by Gasteiger charge is 2.53. The summed E-state index contributed by atoms with van der Waals surface area (Å²) in [4.78, 5) is 10.5. The van der Waals surface area contributed by atoms with E-state index in [0.717, 1.165) is 22.5 Å². The van der Waals surface area contributed by atoms with Gasteiger partial charge in [-0.25, -0.2) is 0 Å². The Bertz CT molecular complexity index is 2350. The van der Waals surface area contributed by atoms with Crippen LogP contribution in [0.1, 0.15) is 22.3 Å². The predicted molar refractivity (Wildman–Crippen MR) is 224 cm³/mol. The van der Waals surface area contributed by atoms with Crippen LogP contribution >= 0.6 is 0 Å². The number of benzene rings is 6. The van der Waals surface area contributed by atoms with Crippen LogP contribution in [0.2, 0.25) is 0 Å². The number of rotatable bonds is 8. The van der Waals surface area contributed by atoms with E-state index in [9.17, 15) is 0 Å². The van der Waals surface area contributed by atoms with Crippen molar-refractivity contribution < 1.29 is 0 Å². The molecule has 9 rings (SSSR count). The van der Waals surface area contributed by atoms with Gasteiger partial charge in [-0.3, -0.25) is 9.97 Å². The van der Waals surface area contributed by atoms with E-state index in [1.807, 2.05) is 0 Å². The molecule has 0 saturated heterocycles.